The van der Waals surface area contributed by atoms with E-state index in [9.17, 15) is 4.79 Å². The van der Waals surface area contributed by atoms with Crippen molar-refractivity contribution >= 4 is 17.6 Å². The standard InChI is InChI=1S/C14H18ClNO3/c1-10-9-19-13(8-16(10)6-5-14(17)18)11-3-2-4-12(15)7-11/h2-4,7,10,13H,5-6,8-9H2,1H3,(H,17,18). The molecule has 1 N–H and O–H groups in total. The lowest BCUT2D eigenvalue weighted by atomic mass is 10.1. The third-order valence-corrected chi connectivity index (χ3v) is 3.63. The van der Waals surface area contributed by atoms with Gasteiger partial charge < -0.3 is 9.84 Å². The van der Waals surface area contributed by atoms with E-state index in [4.69, 9.17) is 21.4 Å². The molecule has 0 aliphatic carbocycles. The number of ether oxygens (including phenoxy) is 1. The van der Waals surface area contributed by atoms with Gasteiger partial charge in [0.05, 0.1) is 19.1 Å². The highest BCUT2D eigenvalue weighted by atomic mass is 35.5. The first-order valence-corrected chi connectivity index (χ1v) is 6.77. The Hall–Kier alpha value is -1.10. The van der Waals surface area contributed by atoms with E-state index in [2.05, 4.69) is 11.8 Å². The van der Waals surface area contributed by atoms with Crippen LogP contribution in [0.5, 0.6) is 0 Å². The van der Waals surface area contributed by atoms with E-state index < -0.39 is 5.97 Å². The molecule has 1 aliphatic rings. The summed E-state index contributed by atoms with van der Waals surface area (Å²) in [4.78, 5) is 12.8. The number of carbonyl (C=O) groups is 1. The van der Waals surface area contributed by atoms with Gasteiger partial charge in [-0.3, -0.25) is 9.69 Å². The van der Waals surface area contributed by atoms with Gasteiger partial charge in [-0.2, -0.15) is 0 Å². The summed E-state index contributed by atoms with van der Waals surface area (Å²) in [7, 11) is 0. The minimum Gasteiger partial charge on any atom is -0.481 e. The van der Waals surface area contributed by atoms with E-state index in [0.29, 0.717) is 24.7 Å². The summed E-state index contributed by atoms with van der Waals surface area (Å²) < 4.78 is 5.82. The number of halogens is 1. The van der Waals surface area contributed by atoms with Gasteiger partial charge in [-0.15, -0.1) is 0 Å². The number of aliphatic carboxylic acids is 1. The summed E-state index contributed by atoms with van der Waals surface area (Å²) in [5.41, 5.74) is 1.04. The number of nitrogens with zero attached hydrogens (tertiary/aromatic N) is 1. The molecule has 19 heavy (non-hydrogen) atoms. The Morgan fingerprint density at radius 3 is 3.05 bits per heavy atom. The maximum absolute atomic E-state index is 10.7. The summed E-state index contributed by atoms with van der Waals surface area (Å²) in [6, 6.07) is 7.87. The Morgan fingerprint density at radius 2 is 2.37 bits per heavy atom. The van der Waals surface area contributed by atoms with Crippen molar-refractivity contribution in [1.82, 2.24) is 4.90 Å². The zero-order valence-corrected chi connectivity index (χ0v) is 11.6. The number of hydrogen-bond acceptors (Lipinski definition) is 3. The first kappa shape index (κ1) is 14.3. The van der Waals surface area contributed by atoms with Crippen LogP contribution >= 0.6 is 11.6 Å². The van der Waals surface area contributed by atoms with Gasteiger partial charge in [-0.05, 0) is 24.6 Å². The Morgan fingerprint density at radius 1 is 1.58 bits per heavy atom. The fourth-order valence-corrected chi connectivity index (χ4v) is 2.46. The van der Waals surface area contributed by atoms with Crippen LogP contribution in [0.15, 0.2) is 24.3 Å². The lowest BCUT2D eigenvalue weighted by Crippen LogP contribution is -2.45. The molecule has 0 bridgehead atoms. The summed E-state index contributed by atoms with van der Waals surface area (Å²) in [6.45, 7) is 3.92. The second-order valence-corrected chi connectivity index (χ2v) is 5.30. The smallest absolute Gasteiger partial charge is 0.304 e. The number of carboxylic acids is 1. The molecule has 1 aromatic carbocycles. The molecule has 1 heterocycles. The van der Waals surface area contributed by atoms with Gasteiger partial charge in [-0.1, -0.05) is 23.7 Å². The lowest BCUT2D eigenvalue weighted by Gasteiger charge is -2.38. The molecule has 2 atom stereocenters. The first-order valence-electron chi connectivity index (χ1n) is 6.39. The molecular weight excluding hydrogens is 266 g/mol. The third-order valence-electron chi connectivity index (χ3n) is 3.40. The quantitative estimate of drug-likeness (QED) is 0.923. The average Bonchev–Trinajstić information content (AvgIpc) is 2.37. The summed E-state index contributed by atoms with van der Waals surface area (Å²) in [5, 5.41) is 9.47. The number of rotatable bonds is 4. The predicted molar refractivity (Wildman–Crippen MR) is 73.4 cm³/mol. The monoisotopic (exact) mass is 283 g/mol. The van der Waals surface area contributed by atoms with Crippen molar-refractivity contribution in [2.24, 2.45) is 0 Å². The van der Waals surface area contributed by atoms with Crippen LogP contribution < -0.4 is 0 Å². The molecular formula is C14H18ClNO3. The summed E-state index contributed by atoms with van der Waals surface area (Å²) in [6.07, 6.45) is 0.121. The number of carboxylic acid groups (broad SMARTS) is 1. The Labute approximate surface area is 117 Å². The zero-order valence-electron chi connectivity index (χ0n) is 10.9. The third kappa shape index (κ3) is 3.93. The van der Waals surface area contributed by atoms with Crippen LogP contribution in [0.2, 0.25) is 5.02 Å². The minimum absolute atomic E-state index is 0.0382. The SMILES string of the molecule is CC1COC(c2cccc(Cl)c2)CN1CCC(=O)O. The van der Waals surface area contributed by atoms with E-state index in [0.717, 1.165) is 5.56 Å². The molecule has 0 saturated carbocycles. The fraction of sp³-hybridized carbons (Fsp3) is 0.500. The highest BCUT2D eigenvalue weighted by Crippen LogP contribution is 2.26. The Kier molecular flexibility index (Phi) is 4.80. The van der Waals surface area contributed by atoms with Crippen molar-refractivity contribution in [1.29, 1.82) is 0 Å². The molecule has 1 aliphatic heterocycles. The second kappa shape index (κ2) is 6.37. The highest BCUT2D eigenvalue weighted by molar-refractivity contribution is 6.30. The van der Waals surface area contributed by atoms with Gasteiger partial charge >= 0.3 is 5.97 Å². The fourth-order valence-electron chi connectivity index (χ4n) is 2.27. The highest BCUT2D eigenvalue weighted by Gasteiger charge is 2.27. The zero-order chi connectivity index (χ0) is 13.8. The van der Waals surface area contributed by atoms with Crippen LogP contribution in [0.1, 0.15) is 25.0 Å². The topological polar surface area (TPSA) is 49.8 Å². The van der Waals surface area contributed by atoms with Crippen LogP contribution in [0.25, 0.3) is 0 Å². The maximum Gasteiger partial charge on any atom is 0.304 e. The lowest BCUT2D eigenvalue weighted by molar-refractivity contribution is -0.138. The van der Waals surface area contributed by atoms with E-state index in [-0.39, 0.29) is 18.6 Å². The Balaban J connectivity index is 2.02. The molecule has 1 aromatic rings. The van der Waals surface area contributed by atoms with Gasteiger partial charge in [0, 0.05) is 24.2 Å². The molecule has 0 aromatic heterocycles. The van der Waals surface area contributed by atoms with E-state index in [1.165, 1.54) is 0 Å². The summed E-state index contributed by atoms with van der Waals surface area (Å²) in [5.74, 6) is -0.766. The number of benzene rings is 1. The largest absolute Gasteiger partial charge is 0.481 e. The molecule has 0 amide bonds. The molecule has 2 unspecified atom stereocenters. The van der Waals surface area contributed by atoms with Crippen LogP contribution in [0, 0.1) is 0 Å². The maximum atomic E-state index is 10.7. The second-order valence-electron chi connectivity index (χ2n) is 4.86. The predicted octanol–water partition coefficient (Wildman–Crippen LogP) is 2.58. The molecule has 4 nitrogen and oxygen atoms in total. The molecule has 5 heteroatoms. The van der Waals surface area contributed by atoms with Gasteiger partial charge in [0.1, 0.15) is 0 Å². The molecule has 1 fully saturated rings. The van der Waals surface area contributed by atoms with Crippen LogP contribution in [-0.4, -0.2) is 41.7 Å². The van der Waals surface area contributed by atoms with Crippen molar-refractivity contribution in [2.75, 3.05) is 19.7 Å². The Bertz CT molecular complexity index is 452. The van der Waals surface area contributed by atoms with Gasteiger partial charge in [0.2, 0.25) is 0 Å². The van der Waals surface area contributed by atoms with Gasteiger partial charge in [0.25, 0.3) is 0 Å². The average molecular weight is 284 g/mol. The van der Waals surface area contributed by atoms with Crippen LogP contribution in [-0.2, 0) is 9.53 Å². The van der Waals surface area contributed by atoms with Crippen molar-refractivity contribution < 1.29 is 14.6 Å². The summed E-state index contributed by atoms with van der Waals surface area (Å²) >= 11 is 5.98. The first-order chi connectivity index (χ1) is 9.06. The van der Waals surface area contributed by atoms with Gasteiger partial charge in [0.15, 0.2) is 0 Å². The van der Waals surface area contributed by atoms with E-state index >= 15 is 0 Å². The molecule has 1 saturated heterocycles. The normalized spacial score (nSPS) is 24.3. The van der Waals surface area contributed by atoms with Crippen molar-refractivity contribution in [2.45, 2.75) is 25.5 Å². The molecule has 2 rings (SSSR count). The molecule has 104 valence electrons. The molecule has 0 radical (unpaired) electrons. The van der Waals surface area contributed by atoms with Crippen molar-refractivity contribution in [3.05, 3.63) is 34.9 Å². The number of morpholine rings is 1. The van der Waals surface area contributed by atoms with Gasteiger partial charge in [-0.25, -0.2) is 0 Å². The van der Waals surface area contributed by atoms with E-state index in [1.54, 1.807) is 0 Å². The van der Waals surface area contributed by atoms with Crippen molar-refractivity contribution in [3.8, 4) is 0 Å². The van der Waals surface area contributed by atoms with Crippen LogP contribution in [0.4, 0.5) is 0 Å². The molecule has 0 spiro atoms. The minimum atomic E-state index is -0.766. The van der Waals surface area contributed by atoms with Crippen molar-refractivity contribution in [3.63, 3.8) is 0 Å². The van der Waals surface area contributed by atoms with Crippen LogP contribution in [0.3, 0.4) is 0 Å². The van der Waals surface area contributed by atoms with E-state index in [1.807, 2.05) is 24.3 Å². The number of hydrogen-bond donors (Lipinski definition) is 1.